The van der Waals surface area contributed by atoms with E-state index in [1.165, 1.54) is 19.8 Å². The highest BCUT2D eigenvalue weighted by Gasteiger charge is 2.24. The Balaban J connectivity index is 2.35. The summed E-state index contributed by atoms with van der Waals surface area (Å²) in [6.45, 7) is 1.47. The predicted octanol–water partition coefficient (Wildman–Crippen LogP) is 2.26. The highest BCUT2D eigenvalue weighted by molar-refractivity contribution is 9.09. The van der Waals surface area contributed by atoms with E-state index >= 15 is 0 Å². The van der Waals surface area contributed by atoms with Gasteiger partial charge in [0.25, 0.3) is 0 Å². The third kappa shape index (κ3) is 2.81. The van der Waals surface area contributed by atoms with Crippen LogP contribution in [0.2, 0.25) is 0 Å². The maximum atomic E-state index is 10.6. The fraction of sp³-hybridized carbons (Fsp3) is 0.875. The second-order valence-corrected chi connectivity index (χ2v) is 4.12. The van der Waals surface area contributed by atoms with E-state index < -0.39 is 0 Å². The van der Waals surface area contributed by atoms with Gasteiger partial charge in [0.2, 0.25) is 0 Å². The minimum atomic E-state index is -0.165. The van der Waals surface area contributed by atoms with Crippen molar-refractivity contribution < 1.29 is 9.53 Å². The minimum absolute atomic E-state index is 0.112. The molecule has 0 aromatic carbocycles. The Morgan fingerprint density at radius 2 is 2.09 bits per heavy atom. The lowest BCUT2D eigenvalue weighted by molar-refractivity contribution is -0.147. The van der Waals surface area contributed by atoms with E-state index in [1.807, 2.05) is 0 Å². The van der Waals surface area contributed by atoms with Crippen molar-refractivity contribution in [3.05, 3.63) is 0 Å². The first-order valence-electron chi connectivity index (χ1n) is 4.01. The van der Waals surface area contributed by atoms with Gasteiger partial charge >= 0.3 is 5.97 Å². The van der Waals surface area contributed by atoms with Crippen LogP contribution in [0.15, 0.2) is 0 Å². The van der Waals surface area contributed by atoms with E-state index in [-0.39, 0.29) is 12.1 Å². The summed E-state index contributed by atoms with van der Waals surface area (Å²) in [4.78, 5) is 11.0. The Labute approximate surface area is 75.4 Å². The predicted molar refractivity (Wildman–Crippen MR) is 46.7 cm³/mol. The van der Waals surface area contributed by atoms with Crippen LogP contribution in [-0.2, 0) is 9.53 Å². The molecule has 0 saturated heterocycles. The van der Waals surface area contributed by atoms with Crippen molar-refractivity contribution in [3.63, 3.8) is 0 Å². The SMILES string of the molecule is CC(=O)O[C@@H]1CCCC[C@H]1Br. The smallest absolute Gasteiger partial charge is 0.302 e. The largest absolute Gasteiger partial charge is 0.461 e. The zero-order chi connectivity index (χ0) is 8.27. The van der Waals surface area contributed by atoms with Gasteiger partial charge < -0.3 is 4.74 Å². The summed E-state index contributed by atoms with van der Waals surface area (Å²) in [5.41, 5.74) is 0. The quantitative estimate of drug-likeness (QED) is 0.501. The average molecular weight is 221 g/mol. The number of hydrogen-bond donors (Lipinski definition) is 0. The van der Waals surface area contributed by atoms with Crippen LogP contribution in [0.3, 0.4) is 0 Å². The van der Waals surface area contributed by atoms with Gasteiger partial charge in [-0.05, 0) is 19.3 Å². The number of halogens is 1. The zero-order valence-electron chi connectivity index (χ0n) is 6.68. The van der Waals surface area contributed by atoms with Gasteiger partial charge in [-0.15, -0.1) is 0 Å². The molecule has 2 atom stereocenters. The second kappa shape index (κ2) is 4.10. The lowest BCUT2D eigenvalue weighted by atomic mass is 9.98. The standard InChI is InChI=1S/C8H13BrO2/c1-6(10)11-8-5-3-2-4-7(8)9/h7-8H,2-5H2,1H3/t7-,8-/m1/s1. The van der Waals surface area contributed by atoms with Gasteiger partial charge in [0.1, 0.15) is 6.10 Å². The molecule has 0 N–H and O–H groups in total. The van der Waals surface area contributed by atoms with Crippen LogP contribution in [0, 0.1) is 0 Å². The summed E-state index contributed by atoms with van der Waals surface area (Å²) >= 11 is 3.51. The molecule has 0 heterocycles. The fourth-order valence-electron chi connectivity index (χ4n) is 1.40. The van der Waals surface area contributed by atoms with Crippen LogP contribution >= 0.6 is 15.9 Å². The maximum Gasteiger partial charge on any atom is 0.302 e. The van der Waals surface area contributed by atoms with Crippen molar-refractivity contribution in [2.24, 2.45) is 0 Å². The Morgan fingerprint density at radius 3 is 2.64 bits per heavy atom. The molecule has 0 spiro atoms. The van der Waals surface area contributed by atoms with E-state index in [9.17, 15) is 4.79 Å². The molecule has 0 aromatic rings. The molecule has 0 amide bonds. The maximum absolute atomic E-state index is 10.6. The summed E-state index contributed by atoms with van der Waals surface area (Å²) in [6, 6.07) is 0. The van der Waals surface area contributed by atoms with Gasteiger partial charge in [0.15, 0.2) is 0 Å². The summed E-state index contributed by atoms with van der Waals surface area (Å²) in [7, 11) is 0. The number of rotatable bonds is 1. The number of ether oxygens (including phenoxy) is 1. The topological polar surface area (TPSA) is 26.3 Å². The van der Waals surface area contributed by atoms with Gasteiger partial charge in [-0.1, -0.05) is 22.4 Å². The molecule has 1 fully saturated rings. The van der Waals surface area contributed by atoms with E-state index in [1.54, 1.807) is 0 Å². The van der Waals surface area contributed by atoms with E-state index in [4.69, 9.17) is 4.74 Å². The molecule has 3 heteroatoms. The Hall–Kier alpha value is -0.0500. The molecule has 1 saturated carbocycles. The zero-order valence-corrected chi connectivity index (χ0v) is 8.26. The van der Waals surface area contributed by atoms with Crippen LogP contribution in [0.4, 0.5) is 0 Å². The van der Waals surface area contributed by atoms with Gasteiger partial charge in [0.05, 0.1) is 4.83 Å². The summed E-state index contributed by atoms with van der Waals surface area (Å²) in [5.74, 6) is -0.165. The van der Waals surface area contributed by atoms with Gasteiger partial charge in [-0.3, -0.25) is 4.79 Å². The first-order chi connectivity index (χ1) is 5.20. The number of hydrogen-bond acceptors (Lipinski definition) is 2. The molecule has 11 heavy (non-hydrogen) atoms. The normalized spacial score (nSPS) is 31.5. The van der Waals surface area contributed by atoms with E-state index in [2.05, 4.69) is 15.9 Å². The molecule has 64 valence electrons. The Morgan fingerprint density at radius 1 is 1.45 bits per heavy atom. The fourth-order valence-corrected chi connectivity index (χ4v) is 2.09. The number of carbonyl (C=O) groups excluding carboxylic acids is 1. The van der Waals surface area contributed by atoms with Crippen molar-refractivity contribution in [2.45, 2.75) is 43.5 Å². The monoisotopic (exact) mass is 220 g/mol. The molecule has 0 radical (unpaired) electrons. The number of carbonyl (C=O) groups is 1. The summed E-state index contributed by atoms with van der Waals surface area (Å²) < 4.78 is 5.12. The minimum Gasteiger partial charge on any atom is -0.461 e. The number of alkyl halides is 1. The molecule has 0 aliphatic heterocycles. The molecular formula is C8H13BrO2. The number of esters is 1. The van der Waals surface area contributed by atoms with Crippen LogP contribution in [0.25, 0.3) is 0 Å². The van der Waals surface area contributed by atoms with Crippen molar-refractivity contribution in [1.82, 2.24) is 0 Å². The third-order valence-electron chi connectivity index (χ3n) is 1.94. The molecule has 0 unspecified atom stereocenters. The first kappa shape index (κ1) is 9.04. The molecule has 2 nitrogen and oxygen atoms in total. The lowest BCUT2D eigenvalue weighted by Crippen LogP contribution is -2.29. The summed E-state index contributed by atoms with van der Waals surface area (Å²) in [6.07, 6.45) is 4.67. The molecule has 1 aliphatic rings. The molecule has 0 bridgehead atoms. The average Bonchev–Trinajstić information content (AvgIpc) is 1.93. The lowest BCUT2D eigenvalue weighted by Gasteiger charge is -2.26. The van der Waals surface area contributed by atoms with E-state index in [0.717, 1.165) is 12.8 Å². The Kier molecular flexibility index (Phi) is 3.37. The third-order valence-corrected chi connectivity index (χ3v) is 2.99. The van der Waals surface area contributed by atoms with Crippen LogP contribution in [0.5, 0.6) is 0 Å². The van der Waals surface area contributed by atoms with Crippen molar-refractivity contribution >= 4 is 21.9 Å². The molecule has 1 aliphatic carbocycles. The molecule has 0 aromatic heterocycles. The van der Waals surface area contributed by atoms with Crippen molar-refractivity contribution in [3.8, 4) is 0 Å². The molecular weight excluding hydrogens is 208 g/mol. The van der Waals surface area contributed by atoms with Crippen molar-refractivity contribution in [1.29, 1.82) is 0 Å². The van der Waals surface area contributed by atoms with Crippen LogP contribution in [-0.4, -0.2) is 16.9 Å². The highest BCUT2D eigenvalue weighted by atomic mass is 79.9. The van der Waals surface area contributed by atoms with Crippen molar-refractivity contribution in [2.75, 3.05) is 0 Å². The van der Waals surface area contributed by atoms with Gasteiger partial charge in [0, 0.05) is 6.92 Å². The molecule has 1 rings (SSSR count). The summed E-state index contributed by atoms with van der Waals surface area (Å²) in [5, 5.41) is 0. The highest BCUT2D eigenvalue weighted by Crippen LogP contribution is 2.26. The Bertz CT molecular complexity index is 147. The van der Waals surface area contributed by atoms with Crippen LogP contribution < -0.4 is 0 Å². The van der Waals surface area contributed by atoms with E-state index in [0.29, 0.717) is 4.83 Å². The first-order valence-corrected chi connectivity index (χ1v) is 4.93. The van der Waals surface area contributed by atoms with Gasteiger partial charge in [-0.25, -0.2) is 0 Å². The van der Waals surface area contributed by atoms with Crippen LogP contribution in [0.1, 0.15) is 32.6 Å². The second-order valence-electron chi connectivity index (χ2n) is 2.95. The van der Waals surface area contributed by atoms with Gasteiger partial charge in [-0.2, -0.15) is 0 Å².